The van der Waals surface area contributed by atoms with Gasteiger partial charge >= 0.3 is 5.76 Å². The Hall–Kier alpha value is -2.95. The third-order valence-electron chi connectivity index (χ3n) is 4.08. The zero-order chi connectivity index (χ0) is 17.6. The number of rotatable bonds is 4. The molecular formula is C14H13BFN5O4. The van der Waals surface area contributed by atoms with Gasteiger partial charge in [-0.2, -0.15) is 0 Å². The number of aromatic nitrogens is 4. The number of hydrogen-bond acceptors (Lipinski definition) is 8. The van der Waals surface area contributed by atoms with Crippen LogP contribution in [0.4, 0.5) is 4.39 Å². The van der Waals surface area contributed by atoms with Crippen LogP contribution in [0.15, 0.2) is 32.1 Å². The van der Waals surface area contributed by atoms with E-state index in [0.717, 1.165) is 4.57 Å². The summed E-state index contributed by atoms with van der Waals surface area (Å²) in [5.74, 6) is -0.988. The zero-order valence-electron chi connectivity index (χ0n) is 13.2. The summed E-state index contributed by atoms with van der Waals surface area (Å²) in [6.07, 6.45) is 1.28. The Labute approximate surface area is 140 Å². The van der Waals surface area contributed by atoms with Crippen LogP contribution in [-0.4, -0.2) is 40.0 Å². The van der Waals surface area contributed by atoms with E-state index in [1.54, 1.807) is 7.85 Å². The molecule has 2 N–H and O–H groups in total. The normalized spacial score (nSPS) is 19.6. The first-order valence-electron chi connectivity index (χ1n) is 7.63. The van der Waals surface area contributed by atoms with Crippen molar-refractivity contribution in [1.29, 1.82) is 0 Å². The van der Waals surface area contributed by atoms with Crippen molar-refractivity contribution >= 4 is 13.3 Å². The Morgan fingerprint density at radius 3 is 2.84 bits per heavy atom. The monoisotopic (exact) mass is 345 g/mol. The summed E-state index contributed by atoms with van der Waals surface area (Å²) < 4.78 is 29.8. The van der Waals surface area contributed by atoms with E-state index in [4.69, 9.17) is 19.6 Å². The van der Waals surface area contributed by atoms with Gasteiger partial charge in [-0.05, 0) is 41.4 Å². The molecule has 1 aliphatic carbocycles. The average molecular weight is 345 g/mol. The molecule has 0 bridgehead atoms. The predicted molar refractivity (Wildman–Crippen MR) is 85.2 cm³/mol. The van der Waals surface area contributed by atoms with Crippen LogP contribution in [0, 0.1) is 5.82 Å². The van der Waals surface area contributed by atoms with E-state index in [2.05, 4.69) is 15.5 Å². The number of nitrogens with zero attached hydrogens (tertiary/aromatic N) is 4. The fourth-order valence-electron chi connectivity index (χ4n) is 2.65. The van der Waals surface area contributed by atoms with E-state index in [9.17, 15) is 9.18 Å². The molecule has 0 saturated heterocycles. The molecule has 128 valence electrons. The Morgan fingerprint density at radius 2 is 2.12 bits per heavy atom. The molecular weight excluding hydrogens is 332 g/mol. The molecule has 1 saturated carbocycles. The molecule has 1 aliphatic rings. The number of halogens is 1. The highest BCUT2D eigenvalue weighted by atomic mass is 19.1. The topological polar surface area (TPSA) is 122 Å². The van der Waals surface area contributed by atoms with E-state index < -0.39 is 5.76 Å². The fourth-order valence-corrected chi connectivity index (χ4v) is 2.65. The molecule has 0 aliphatic heterocycles. The first kappa shape index (κ1) is 15.6. The van der Waals surface area contributed by atoms with Gasteiger partial charge in [0.1, 0.15) is 19.8 Å². The van der Waals surface area contributed by atoms with Crippen LogP contribution in [0.1, 0.15) is 12.8 Å². The molecule has 0 spiro atoms. The SMILES string of the molecule is Bc1cc(-n2c(-c3nonc3OC3CC(N)C3)noc2=O)ccc1F. The van der Waals surface area contributed by atoms with Crippen molar-refractivity contribution in [2.45, 2.75) is 25.0 Å². The summed E-state index contributed by atoms with van der Waals surface area (Å²) >= 11 is 0. The Bertz CT molecular complexity index is 978. The molecule has 1 fully saturated rings. The molecule has 9 nitrogen and oxygen atoms in total. The second kappa shape index (κ2) is 5.85. The van der Waals surface area contributed by atoms with Crippen molar-refractivity contribution in [3.05, 3.63) is 34.6 Å². The lowest BCUT2D eigenvalue weighted by Crippen LogP contribution is -2.43. The second-order valence-corrected chi connectivity index (χ2v) is 5.93. The van der Waals surface area contributed by atoms with Crippen LogP contribution in [0.25, 0.3) is 17.2 Å². The summed E-state index contributed by atoms with van der Waals surface area (Å²) in [7, 11) is 1.59. The van der Waals surface area contributed by atoms with Crippen LogP contribution >= 0.6 is 0 Å². The maximum Gasteiger partial charge on any atom is 0.446 e. The maximum atomic E-state index is 13.5. The standard InChI is InChI=1S/C14H13BFN5O4/c15-9-5-7(1-2-10(9)16)21-12(19-24-14(21)22)11-13(20-25-18-11)23-8-3-6(17)4-8/h1-2,5-6,8H,3-4,15,17H2. The van der Waals surface area contributed by atoms with Crippen molar-refractivity contribution in [1.82, 2.24) is 20.0 Å². The number of ether oxygens (including phenoxy) is 1. The molecule has 4 rings (SSSR count). The van der Waals surface area contributed by atoms with E-state index in [-0.39, 0.29) is 35.4 Å². The van der Waals surface area contributed by atoms with Gasteiger partial charge in [-0.3, -0.25) is 4.52 Å². The van der Waals surface area contributed by atoms with Crippen molar-refractivity contribution in [3.63, 3.8) is 0 Å². The number of benzene rings is 1. The highest BCUT2D eigenvalue weighted by molar-refractivity contribution is 6.32. The van der Waals surface area contributed by atoms with Gasteiger partial charge in [0.2, 0.25) is 11.5 Å². The molecule has 0 unspecified atom stereocenters. The minimum Gasteiger partial charge on any atom is -0.470 e. The summed E-state index contributed by atoms with van der Waals surface area (Å²) in [6.45, 7) is 0. The lowest BCUT2D eigenvalue weighted by atomic mass is 9.90. The third-order valence-corrected chi connectivity index (χ3v) is 4.08. The minimum absolute atomic E-state index is 0.0517. The van der Waals surface area contributed by atoms with Gasteiger partial charge in [0.15, 0.2) is 0 Å². The Morgan fingerprint density at radius 1 is 1.32 bits per heavy atom. The Kier molecular flexibility index (Phi) is 3.64. The smallest absolute Gasteiger partial charge is 0.446 e. The third kappa shape index (κ3) is 2.72. The lowest BCUT2D eigenvalue weighted by Gasteiger charge is -2.31. The first-order chi connectivity index (χ1) is 12.0. The van der Waals surface area contributed by atoms with Crippen molar-refractivity contribution < 1.29 is 18.3 Å². The van der Waals surface area contributed by atoms with Crippen LogP contribution in [0.2, 0.25) is 0 Å². The quantitative estimate of drug-likeness (QED) is 0.606. The van der Waals surface area contributed by atoms with Crippen molar-refractivity contribution in [2.75, 3.05) is 0 Å². The molecule has 2 heterocycles. The molecule has 0 amide bonds. The van der Waals surface area contributed by atoms with Gasteiger partial charge in [0, 0.05) is 6.04 Å². The average Bonchev–Trinajstić information content (AvgIpc) is 3.15. The van der Waals surface area contributed by atoms with E-state index in [1.807, 2.05) is 0 Å². The van der Waals surface area contributed by atoms with Gasteiger partial charge in [0.25, 0.3) is 5.88 Å². The maximum absolute atomic E-state index is 13.5. The van der Waals surface area contributed by atoms with E-state index in [1.165, 1.54) is 18.2 Å². The summed E-state index contributed by atoms with van der Waals surface area (Å²) in [4.78, 5) is 12.1. The largest absolute Gasteiger partial charge is 0.470 e. The van der Waals surface area contributed by atoms with E-state index >= 15 is 0 Å². The number of nitrogens with two attached hydrogens (primary N) is 1. The van der Waals surface area contributed by atoms with Gasteiger partial charge in [-0.1, -0.05) is 10.6 Å². The first-order valence-corrected chi connectivity index (χ1v) is 7.63. The van der Waals surface area contributed by atoms with Gasteiger partial charge in [-0.25, -0.2) is 18.4 Å². The van der Waals surface area contributed by atoms with Gasteiger partial charge < -0.3 is 10.5 Å². The fraction of sp³-hybridized carbons (Fsp3) is 0.286. The molecule has 1 aromatic carbocycles. The number of hydrogen-bond donors (Lipinski definition) is 1. The Balaban J connectivity index is 1.74. The van der Waals surface area contributed by atoms with Gasteiger partial charge in [-0.15, -0.1) is 0 Å². The highest BCUT2D eigenvalue weighted by Gasteiger charge is 2.31. The lowest BCUT2D eigenvalue weighted by molar-refractivity contribution is 0.0910. The zero-order valence-corrected chi connectivity index (χ0v) is 13.2. The minimum atomic E-state index is -0.749. The van der Waals surface area contributed by atoms with Crippen LogP contribution in [0.5, 0.6) is 5.88 Å². The van der Waals surface area contributed by atoms with Crippen LogP contribution in [-0.2, 0) is 0 Å². The molecule has 0 radical (unpaired) electrons. The molecule has 2 aromatic heterocycles. The second-order valence-electron chi connectivity index (χ2n) is 5.93. The molecule has 25 heavy (non-hydrogen) atoms. The van der Waals surface area contributed by atoms with Crippen LogP contribution < -0.4 is 21.7 Å². The van der Waals surface area contributed by atoms with Gasteiger partial charge in [0.05, 0.1) is 5.69 Å². The predicted octanol–water partition coefficient (Wildman–Crippen LogP) is -0.858. The summed E-state index contributed by atoms with van der Waals surface area (Å²) in [5.41, 5.74) is 6.60. The van der Waals surface area contributed by atoms with E-state index in [0.29, 0.717) is 24.0 Å². The molecule has 0 atom stereocenters. The van der Waals surface area contributed by atoms with Crippen LogP contribution in [0.3, 0.4) is 0 Å². The van der Waals surface area contributed by atoms with Crippen molar-refractivity contribution in [3.8, 4) is 23.1 Å². The summed E-state index contributed by atoms with van der Waals surface area (Å²) in [6, 6.07) is 4.28. The molecule has 3 aromatic rings. The highest BCUT2D eigenvalue weighted by Crippen LogP contribution is 2.30. The summed E-state index contributed by atoms with van der Waals surface area (Å²) in [5, 5.41) is 11.2. The molecule has 11 heteroatoms. The van der Waals surface area contributed by atoms with Crippen molar-refractivity contribution in [2.24, 2.45) is 5.73 Å².